The Morgan fingerprint density at radius 1 is 1.17 bits per heavy atom. The Kier molecular flexibility index (Phi) is 6.13. The van der Waals surface area contributed by atoms with Crippen LogP contribution >= 0.6 is 0 Å². The van der Waals surface area contributed by atoms with Crippen LogP contribution in [0.3, 0.4) is 0 Å². The van der Waals surface area contributed by atoms with Gasteiger partial charge in [0, 0.05) is 45.7 Å². The van der Waals surface area contributed by atoms with Crippen LogP contribution in [0.15, 0.2) is 24.3 Å². The van der Waals surface area contributed by atoms with Crippen molar-refractivity contribution in [3.05, 3.63) is 24.3 Å². The largest absolute Gasteiger partial charge is 0.508 e. The lowest BCUT2D eigenvalue weighted by Gasteiger charge is -2.24. The molecule has 1 aromatic carbocycles. The molecule has 0 aliphatic heterocycles. The van der Waals surface area contributed by atoms with E-state index >= 15 is 0 Å². The van der Waals surface area contributed by atoms with Crippen LogP contribution in [-0.4, -0.2) is 41.8 Å². The van der Waals surface area contributed by atoms with E-state index in [1.54, 1.807) is 39.5 Å². The Hall–Kier alpha value is -1.08. The topological polar surface area (TPSA) is 60.0 Å². The van der Waals surface area contributed by atoms with Gasteiger partial charge in [0.25, 0.3) is 0 Å². The van der Waals surface area contributed by atoms with E-state index in [-0.39, 0.29) is 5.75 Å². The molecule has 0 aromatic heterocycles. The smallest absolute Gasteiger partial charge is 0.500 e. The van der Waals surface area contributed by atoms with Crippen molar-refractivity contribution in [2.24, 2.45) is 0 Å². The molecule has 102 valence electrons. The second-order valence-corrected chi connectivity index (χ2v) is 6.97. The maximum Gasteiger partial charge on any atom is 0.500 e. The highest BCUT2D eigenvalue weighted by Gasteiger charge is 2.36. The van der Waals surface area contributed by atoms with Crippen molar-refractivity contribution >= 4 is 14.5 Å². The summed E-state index contributed by atoms with van der Waals surface area (Å²) in [6, 6.07) is 7.80. The van der Waals surface area contributed by atoms with Crippen LogP contribution in [0.2, 0.25) is 6.04 Å². The van der Waals surface area contributed by atoms with Crippen LogP contribution in [0.1, 0.15) is 6.42 Å². The Labute approximate surface area is 109 Å². The summed E-state index contributed by atoms with van der Waals surface area (Å²) in [4.78, 5) is 0. The van der Waals surface area contributed by atoms with E-state index in [4.69, 9.17) is 13.3 Å². The number of anilines is 1. The summed E-state index contributed by atoms with van der Waals surface area (Å²) in [6.07, 6.45) is 0.872. The highest BCUT2D eigenvalue weighted by Crippen LogP contribution is 2.17. The molecular weight excluding hydrogens is 250 g/mol. The van der Waals surface area contributed by atoms with E-state index in [1.807, 2.05) is 6.07 Å². The molecule has 0 aliphatic rings. The molecule has 0 radical (unpaired) electrons. The minimum atomic E-state index is -2.46. The molecule has 0 bridgehead atoms. The lowest BCUT2D eigenvalue weighted by Crippen LogP contribution is -2.42. The van der Waals surface area contributed by atoms with Crippen LogP contribution in [0.25, 0.3) is 0 Å². The molecule has 6 heteroatoms. The molecule has 0 amide bonds. The van der Waals surface area contributed by atoms with Crippen molar-refractivity contribution in [1.29, 1.82) is 0 Å². The van der Waals surface area contributed by atoms with Gasteiger partial charge < -0.3 is 23.7 Å². The van der Waals surface area contributed by atoms with Crippen molar-refractivity contribution in [2.75, 3.05) is 33.2 Å². The van der Waals surface area contributed by atoms with Gasteiger partial charge in [0.05, 0.1) is 0 Å². The van der Waals surface area contributed by atoms with Crippen LogP contribution in [0.5, 0.6) is 5.75 Å². The highest BCUT2D eigenvalue weighted by atomic mass is 28.4. The van der Waals surface area contributed by atoms with Gasteiger partial charge >= 0.3 is 8.80 Å². The first-order valence-electron chi connectivity index (χ1n) is 5.84. The molecule has 5 nitrogen and oxygen atoms in total. The van der Waals surface area contributed by atoms with E-state index in [0.717, 1.165) is 24.7 Å². The summed E-state index contributed by atoms with van der Waals surface area (Å²) in [7, 11) is 2.38. The summed E-state index contributed by atoms with van der Waals surface area (Å²) in [5.41, 5.74) is 0.898. The Morgan fingerprint density at radius 3 is 2.39 bits per heavy atom. The monoisotopic (exact) mass is 271 g/mol. The molecular formula is C12H21NO4Si. The van der Waals surface area contributed by atoms with Crippen molar-refractivity contribution in [2.45, 2.75) is 12.5 Å². The van der Waals surface area contributed by atoms with Gasteiger partial charge in [-0.15, -0.1) is 0 Å². The second kappa shape index (κ2) is 7.37. The lowest BCUT2D eigenvalue weighted by molar-refractivity contribution is 0.123. The molecule has 0 fully saturated rings. The fourth-order valence-electron chi connectivity index (χ4n) is 1.71. The summed E-state index contributed by atoms with van der Waals surface area (Å²) in [5, 5.41) is 12.5. The molecule has 0 unspecified atom stereocenters. The maximum atomic E-state index is 9.32. The van der Waals surface area contributed by atoms with Crippen molar-refractivity contribution < 1.29 is 18.4 Å². The molecule has 0 spiro atoms. The predicted molar refractivity (Wildman–Crippen MR) is 72.8 cm³/mol. The van der Waals surface area contributed by atoms with Gasteiger partial charge in [0.2, 0.25) is 0 Å². The van der Waals surface area contributed by atoms with Crippen molar-refractivity contribution in [3.8, 4) is 5.75 Å². The summed E-state index contributed by atoms with van der Waals surface area (Å²) >= 11 is 0. The molecule has 0 aliphatic carbocycles. The van der Waals surface area contributed by atoms with Crippen LogP contribution in [0, 0.1) is 0 Å². The highest BCUT2D eigenvalue weighted by molar-refractivity contribution is 6.60. The SMILES string of the molecule is CO[Si](CCCNc1cccc(O)c1)(OC)OC. The normalized spacial score (nSPS) is 11.5. The van der Waals surface area contributed by atoms with E-state index in [1.165, 1.54) is 0 Å². The first-order chi connectivity index (χ1) is 8.65. The van der Waals surface area contributed by atoms with Gasteiger partial charge in [0.1, 0.15) is 5.75 Å². The maximum absolute atomic E-state index is 9.32. The zero-order valence-electron chi connectivity index (χ0n) is 11.1. The predicted octanol–water partition coefficient (Wildman–Crippen LogP) is 2.07. The number of phenolic OH excluding ortho intramolecular Hbond substituents is 1. The third kappa shape index (κ3) is 4.30. The average molecular weight is 271 g/mol. The van der Waals surface area contributed by atoms with E-state index in [0.29, 0.717) is 0 Å². The van der Waals surface area contributed by atoms with E-state index in [2.05, 4.69) is 5.32 Å². The number of aromatic hydroxyl groups is 1. The number of phenols is 1. The first kappa shape index (κ1) is 15.0. The van der Waals surface area contributed by atoms with Gasteiger partial charge in [-0.05, 0) is 18.6 Å². The lowest BCUT2D eigenvalue weighted by atomic mass is 10.3. The molecule has 0 saturated heterocycles. The molecule has 0 saturated carbocycles. The number of hydrogen-bond donors (Lipinski definition) is 2. The fraction of sp³-hybridized carbons (Fsp3) is 0.500. The average Bonchev–Trinajstić information content (AvgIpc) is 2.40. The number of nitrogens with one attached hydrogen (secondary N) is 1. The van der Waals surface area contributed by atoms with Crippen LogP contribution in [0.4, 0.5) is 5.69 Å². The molecule has 18 heavy (non-hydrogen) atoms. The minimum absolute atomic E-state index is 0.259. The van der Waals surface area contributed by atoms with Crippen LogP contribution < -0.4 is 5.32 Å². The fourth-order valence-corrected chi connectivity index (χ4v) is 3.43. The van der Waals surface area contributed by atoms with Gasteiger partial charge in [-0.25, -0.2) is 0 Å². The van der Waals surface area contributed by atoms with Gasteiger partial charge in [-0.3, -0.25) is 0 Å². The zero-order valence-corrected chi connectivity index (χ0v) is 12.1. The summed E-state index contributed by atoms with van der Waals surface area (Å²) in [6.45, 7) is 0.772. The first-order valence-corrected chi connectivity index (χ1v) is 7.77. The Bertz CT molecular complexity index is 349. The van der Waals surface area contributed by atoms with E-state index in [9.17, 15) is 5.11 Å². The van der Waals surface area contributed by atoms with Crippen LogP contribution in [-0.2, 0) is 13.3 Å². The van der Waals surface area contributed by atoms with Gasteiger partial charge in [0.15, 0.2) is 0 Å². The Balaban J connectivity index is 2.34. The third-order valence-electron chi connectivity index (χ3n) is 2.77. The number of rotatable bonds is 8. The third-order valence-corrected chi connectivity index (χ3v) is 5.60. The van der Waals surface area contributed by atoms with Gasteiger partial charge in [-0.1, -0.05) is 6.07 Å². The second-order valence-electron chi connectivity index (χ2n) is 3.88. The zero-order chi connectivity index (χ0) is 13.4. The summed E-state index contributed by atoms with van der Waals surface area (Å²) < 4.78 is 16.0. The molecule has 0 atom stereocenters. The molecule has 1 aromatic rings. The minimum Gasteiger partial charge on any atom is -0.508 e. The molecule has 0 heterocycles. The Morgan fingerprint density at radius 2 is 1.83 bits per heavy atom. The molecule has 1 rings (SSSR count). The van der Waals surface area contributed by atoms with Gasteiger partial charge in [-0.2, -0.15) is 0 Å². The van der Waals surface area contributed by atoms with Crippen molar-refractivity contribution in [3.63, 3.8) is 0 Å². The van der Waals surface area contributed by atoms with E-state index < -0.39 is 8.80 Å². The standard InChI is InChI=1S/C12H21NO4Si/c1-15-18(16-2,17-3)9-5-8-13-11-6-4-7-12(14)10-11/h4,6-7,10,13-14H,5,8-9H2,1-3H3. The summed E-state index contributed by atoms with van der Waals surface area (Å²) in [5.74, 6) is 0.259. The number of hydrogen-bond acceptors (Lipinski definition) is 5. The molecule has 2 N–H and O–H groups in total. The quantitative estimate of drug-likeness (QED) is 0.560. The number of benzene rings is 1. The van der Waals surface area contributed by atoms with Crippen molar-refractivity contribution in [1.82, 2.24) is 0 Å².